The van der Waals surface area contributed by atoms with Gasteiger partial charge in [0.2, 0.25) is 5.91 Å². The lowest BCUT2D eigenvalue weighted by Gasteiger charge is -2.27. The van der Waals surface area contributed by atoms with Crippen LogP contribution in [0.25, 0.3) is 0 Å². The summed E-state index contributed by atoms with van der Waals surface area (Å²) in [6, 6.07) is 0. The van der Waals surface area contributed by atoms with Gasteiger partial charge in [-0.05, 0) is 32.1 Å². The highest BCUT2D eigenvalue weighted by Crippen LogP contribution is 2.30. The molecule has 0 aromatic carbocycles. The third-order valence-corrected chi connectivity index (χ3v) is 4.11. The fourth-order valence-electron chi connectivity index (χ4n) is 2.44. The average molecular weight is 271 g/mol. The van der Waals surface area contributed by atoms with Crippen molar-refractivity contribution in [1.29, 1.82) is 0 Å². The van der Waals surface area contributed by atoms with Gasteiger partial charge < -0.3 is 15.2 Å². The molecule has 19 heavy (non-hydrogen) atoms. The molecule has 2 N–H and O–H groups in total. The van der Waals surface area contributed by atoms with Crippen LogP contribution in [0.3, 0.4) is 0 Å². The smallest absolute Gasteiger partial charge is 0.310 e. The van der Waals surface area contributed by atoms with Crippen molar-refractivity contribution in [3.63, 3.8) is 0 Å². The van der Waals surface area contributed by atoms with Crippen LogP contribution in [0.2, 0.25) is 0 Å². The standard InChI is InChI=1S/C14H25NO4/c1-3-14(4-2,13(17)18)9-12(16)15-10-11-7-5-6-8-19-11/h11H,3-10H2,1-2H3,(H,15,16)(H,17,18). The number of carboxylic acids is 1. The normalized spacial score (nSPS) is 20.0. The Morgan fingerprint density at radius 3 is 2.47 bits per heavy atom. The number of rotatable bonds is 7. The number of carbonyl (C=O) groups excluding carboxylic acids is 1. The maximum atomic E-state index is 11.9. The van der Waals surface area contributed by atoms with Gasteiger partial charge in [-0.15, -0.1) is 0 Å². The largest absolute Gasteiger partial charge is 0.481 e. The number of ether oxygens (including phenoxy) is 1. The zero-order valence-electron chi connectivity index (χ0n) is 11.9. The van der Waals surface area contributed by atoms with E-state index in [0.717, 1.165) is 25.9 Å². The summed E-state index contributed by atoms with van der Waals surface area (Å²) >= 11 is 0. The van der Waals surface area contributed by atoms with Crippen LogP contribution in [0.4, 0.5) is 0 Å². The molecule has 0 radical (unpaired) electrons. The van der Waals surface area contributed by atoms with E-state index in [1.165, 1.54) is 0 Å². The molecular weight excluding hydrogens is 246 g/mol. The number of carboxylic acid groups (broad SMARTS) is 1. The first-order chi connectivity index (χ1) is 9.04. The van der Waals surface area contributed by atoms with Gasteiger partial charge in [0, 0.05) is 19.6 Å². The van der Waals surface area contributed by atoms with Crippen molar-refractivity contribution < 1.29 is 19.4 Å². The number of aliphatic carboxylic acids is 1. The number of nitrogens with one attached hydrogen (secondary N) is 1. The molecule has 0 saturated carbocycles. The van der Waals surface area contributed by atoms with Crippen molar-refractivity contribution in [3.8, 4) is 0 Å². The lowest BCUT2D eigenvalue weighted by Crippen LogP contribution is -2.40. The Hall–Kier alpha value is -1.10. The highest BCUT2D eigenvalue weighted by atomic mass is 16.5. The molecule has 0 bridgehead atoms. The van der Waals surface area contributed by atoms with Gasteiger partial charge in [-0.3, -0.25) is 9.59 Å². The van der Waals surface area contributed by atoms with Crippen LogP contribution in [-0.2, 0) is 14.3 Å². The molecule has 5 nitrogen and oxygen atoms in total. The molecule has 0 aliphatic carbocycles. The molecule has 1 aliphatic rings. The minimum absolute atomic E-state index is 0.0437. The van der Waals surface area contributed by atoms with E-state index < -0.39 is 11.4 Å². The van der Waals surface area contributed by atoms with Crippen LogP contribution >= 0.6 is 0 Å². The third kappa shape index (κ3) is 4.49. The van der Waals surface area contributed by atoms with E-state index in [2.05, 4.69) is 5.32 Å². The fraction of sp³-hybridized carbons (Fsp3) is 0.857. The molecule has 1 atom stereocenters. The van der Waals surface area contributed by atoms with Gasteiger partial charge in [-0.2, -0.15) is 0 Å². The summed E-state index contributed by atoms with van der Waals surface area (Å²) in [7, 11) is 0. The second kappa shape index (κ2) is 7.48. The Morgan fingerprint density at radius 1 is 1.32 bits per heavy atom. The predicted octanol–water partition coefficient (Wildman–Crippen LogP) is 1.95. The first-order valence-electron chi connectivity index (χ1n) is 7.15. The maximum Gasteiger partial charge on any atom is 0.310 e. The first-order valence-corrected chi connectivity index (χ1v) is 7.15. The average Bonchev–Trinajstić information content (AvgIpc) is 2.43. The highest BCUT2D eigenvalue weighted by molar-refractivity contribution is 5.84. The van der Waals surface area contributed by atoms with Crippen molar-refractivity contribution >= 4 is 11.9 Å². The number of carbonyl (C=O) groups is 2. The Morgan fingerprint density at radius 2 is 2.00 bits per heavy atom. The van der Waals surface area contributed by atoms with E-state index >= 15 is 0 Å². The van der Waals surface area contributed by atoms with E-state index in [4.69, 9.17) is 4.74 Å². The van der Waals surface area contributed by atoms with E-state index in [0.29, 0.717) is 19.4 Å². The minimum Gasteiger partial charge on any atom is -0.481 e. The number of hydrogen-bond donors (Lipinski definition) is 2. The van der Waals surface area contributed by atoms with Gasteiger partial charge in [-0.1, -0.05) is 13.8 Å². The van der Waals surface area contributed by atoms with E-state index in [9.17, 15) is 14.7 Å². The van der Waals surface area contributed by atoms with Crippen LogP contribution in [-0.4, -0.2) is 36.2 Å². The number of amides is 1. The molecule has 0 aromatic heterocycles. The zero-order chi connectivity index (χ0) is 14.3. The zero-order valence-corrected chi connectivity index (χ0v) is 11.9. The second-order valence-electron chi connectivity index (χ2n) is 5.26. The van der Waals surface area contributed by atoms with Gasteiger partial charge in [0.05, 0.1) is 11.5 Å². The van der Waals surface area contributed by atoms with Gasteiger partial charge in [0.25, 0.3) is 0 Å². The van der Waals surface area contributed by atoms with Crippen LogP contribution < -0.4 is 5.32 Å². The fourth-order valence-corrected chi connectivity index (χ4v) is 2.44. The summed E-state index contributed by atoms with van der Waals surface area (Å²) < 4.78 is 5.53. The summed E-state index contributed by atoms with van der Waals surface area (Å²) in [6.07, 6.45) is 4.23. The topological polar surface area (TPSA) is 75.6 Å². The molecule has 0 spiro atoms. The van der Waals surface area contributed by atoms with E-state index in [1.54, 1.807) is 0 Å². The minimum atomic E-state index is -0.933. The van der Waals surface area contributed by atoms with E-state index in [1.807, 2.05) is 13.8 Å². The highest BCUT2D eigenvalue weighted by Gasteiger charge is 2.37. The molecule has 1 saturated heterocycles. The Bertz CT molecular complexity index is 307. The summed E-state index contributed by atoms with van der Waals surface area (Å²) in [5, 5.41) is 12.1. The SMILES string of the molecule is CCC(CC)(CC(=O)NCC1CCCCO1)C(=O)O. The lowest BCUT2D eigenvalue weighted by molar-refractivity contribution is -0.152. The molecular formula is C14H25NO4. The summed E-state index contributed by atoms with van der Waals surface area (Å²) in [4.78, 5) is 23.2. The third-order valence-electron chi connectivity index (χ3n) is 4.11. The summed E-state index contributed by atoms with van der Waals surface area (Å²) in [5.41, 5.74) is -0.933. The Labute approximate surface area is 114 Å². The maximum absolute atomic E-state index is 11.9. The van der Waals surface area contributed by atoms with Crippen molar-refractivity contribution in [2.75, 3.05) is 13.2 Å². The van der Waals surface area contributed by atoms with Gasteiger partial charge in [-0.25, -0.2) is 0 Å². The van der Waals surface area contributed by atoms with E-state index in [-0.39, 0.29) is 18.4 Å². The monoisotopic (exact) mass is 271 g/mol. The Balaban J connectivity index is 2.42. The summed E-state index contributed by atoms with van der Waals surface area (Å²) in [6.45, 7) is 4.87. The first kappa shape index (κ1) is 16.0. The molecule has 5 heteroatoms. The molecule has 1 unspecified atom stereocenters. The second-order valence-corrected chi connectivity index (χ2v) is 5.26. The molecule has 1 fully saturated rings. The van der Waals surface area contributed by atoms with Crippen molar-refractivity contribution in [1.82, 2.24) is 5.32 Å². The van der Waals surface area contributed by atoms with Crippen molar-refractivity contribution in [2.24, 2.45) is 5.41 Å². The van der Waals surface area contributed by atoms with Crippen LogP contribution in [0.15, 0.2) is 0 Å². The molecule has 1 amide bonds. The van der Waals surface area contributed by atoms with Gasteiger partial charge in [0.15, 0.2) is 0 Å². The van der Waals surface area contributed by atoms with Crippen LogP contribution in [0.5, 0.6) is 0 Å². The van der Waals surface area contributed by atoms with Crippen molar-refractivity contribution in [3.05, 3.63) is 0 Å². The van der Waals surface area contributed by atoms with Crippen molar-refractivity contribution in [2.45, 2.75) is 58.5 Å². The summed E-state index contributed by atoms with van der Waals surface area (Å²) in [5.74, 6) is -1.08. The van der Waals surface area contributed by atoms with Crippen LogP contribution in [0.1, 0.15) is 52.4 Å². The van der Waals surface area contributed by atoms with Gasteiger partial charge in [0.1, 0.15) is 0 Å². The predicted molar refractivity (Wildman–Crippen MR) is 71.9 cm³/mol. The molecule has 0 aromatic rings. The van der Waals surface area contributed by atoms with Gasteiger partial charge >= 0.3 is 5.97 Å². The Kier molecular flexibility index (Phi) is 6.28. The van der Waals surface area contributed by atoms with Crippen LogP contribution in [0, 0.1) is 5.41 Å². The molecule has 110 valence electrons. The molecule has 1 aliphatic heterocycles. The lowest BCUT2D eigenvalue weighted by atomic mass is 9.79. The quantitative estimate of drug-likeness (QED) is 0.742. The number of hydrogen-bond acceptors (Lipinski definition) is 3. The molecule has 1 rings (SSSR count). The molecule has 1 heterocycles.